The third-order valence-corrected chi connectivity index (χ3v) is 8.49. The average Bonchev–Trinajstić information content (AvgIpc) is 3.18. The molecule has 0 radical (unpaired) electrons. The first-order valence-electron chi connectivity index (χ1n) is 12.2. The van der Waals surface area contributed by atoms with Crippen LogP contribution in [-0.2, 0) is 9.47 Å². The van der Waals surface area contributed by atoms with Gasteiger partial charge in [-0.25, -0.2) is 9.59 Å². The maximum Gasteiger partial charge on any atom is 0.348 e. The molecule has 0 N–H and O–H groups in total. The summed E-state index contributed by atoms with van der Waals surface area (Å²) in [7, 11) is 0. The molecule has 0 bridgehead atoms. The summed E-state index contributed by atoms with van der Waals surface area (Å²) in [4.78, 5) is 26.6. The predicted octanol–water partition coefficient (Wildman–Crippen LogP) is 6.98. The van der Waals surface area contributed by atoms with Crippen LogP contribution in [0.3, 0.4) is 0 Å². The minimum absolute atomic E-state index is 0.0377. The van der Waals surface area contributed by atoms with E-state index in [4.69, 9.17) is 9.47 Å². The molecule has 0 aliphatic heterocycles. The van der Waals surface area contributed by atoms with Crippen molar-refractivity contribution in [1.29, 1.82) is 0 Å². The summed E-state index contributed by atoms with van der Waals surface area (Å²) < 4.78 is 11.9. The van der Waals surface area contributed by atoms with Crippen molar-refractivity contribution in [2.45, 2.75) is 92.3 Å². The van der Waals surface area contributed by atoms with Crippen LogP contribution in [0.25, 0.3) is 0 Å². The number of carbonyl (C=O) groups is 2. The van der Waals surface area contributed by atoms with E-state index in [0.29, 0.717) is 45.3 Å². The van der Waals surface area contributed by atoms with Crippen molar-refractivity contribution in [2.24, 2.45) is 35.5 Å². The van der Waals surface area contributed by atoms with Crippen molar-refractivity contribution in [1.82, 2.24) is 0 Å². The number of hydrogen-bond donors (Lipinski definition) is 0. The maximum absolute atomic E-state index is 12.8. The molecule has 174 valence electrons. The van der Waals surface area contributed by atoms with Gasteiger partial charge in [-0.3, -0.25) is 0 Å². The number of thiophene rings is 1. The molecule has 0 aromatic carbocycles. The van der Waals surface area contributed by atoms with Crippen LogP contribution in [0.4, 0.5) is 0 Å². The normalized spacial score (nSPS) is 31.6. The van der Waals surface area contributed by atoms with Gasteiger partial charge in [0.2, 0.25) is 0 Å². The molecular weight excluding hydrogens is 408 g/mol. The number of esters is 2. The first-order chi connectivity index (χ1) is 14.7. The molecule has 4 nitrogen and oxygen atoms in total. The summed E-state index contributed by atoms with van der Waals surface area (Å²) in [5.74, 6) is 2.34. The van der Waals surface area contributed by atoms with Gasteiger partial charge in [0.25, 0.3) is 0 Å². The standard InChI is InChI=1S/C26H40O4S/c1-15(2)19-9-7-17(5)13-21(19)29-25(27)23-11-12-24(31-23)26(28)30-22-14-18(6)8-10-20(22)16(3)4/h11-12,15-22H,7-10,13-14H2,1-6H3/t17-,18-,19+,20+,21+,22?/m1/s1. The molecule has 2 aliphatic rings. The Kier molecular flexibility index (Phi) is 8.23. The third kappa shape index (κ3) is 6.12. The summed E-state index contributed by atoms with van der Waals surface area (Å²) in [6.45, 7) is 13.3. The lowest BCUT2D eigenvalue weighted by atomic mass is 9.75. The van der Waals surface area contributed by atoms with Crippen molar-refractivity contribution in [2.75, 3.05) is 0 Å². The summed E-state index contributed by atoms with van der Waals surface area (Å²) in [6, 6.07) is 3.42. The summed E-state index contributed by atoms with van der Waals surface area (Å²) >= 11 is 1.20. The Morgan fingerprint density at radius 2 is 1.16 bits per heavy atom. The second-order valence-corrected chi connectivity index (χ2v) is 11.8. The number of ether oxygens (including phenoxy) is 2. The van der Waals surface area contributed by atoms with E-state index in [9.17, 15) is 9.59 Å². The molecule has 2 aliphatic carbocycles. The lowest BCUT2D eigenvalue weighted by molar-refractivity contribution is -0.0175. The van der Waals surface area contributed by atoms with Crippen molar-refractivity contribution in [3.05, 3.63) is 21.9 Å². The molecule has 2 saturated carbocycles. The summed E-state index contributed by atoms with van der Waals surface area (Å²) in [5.41, 5.74) is 0. The molecule has 1 unspecified atom stereocenters. The second-order valence-electron chi connectivity index (χ2n) is 10.7. The molecule has 1 aromatic rings. The largest absolute Gasteiger partial charge is 0.458 e. The predicted molar refractivity (Wildman–Crippen MR) is 125 cm³/mol. The van der Waals surface area contributed by atoms with Gasteiger partial charge in [0, 0.05) is 0 Å². The Labute approximate surface area is 192 Å². The zero-order chi connectivity index (χ0) is 22.7. The molecule has 31 heavy (non-hydrogen) atoms. The van der Waals surface area contributed by atoms with Gasteiger partial charge in [-0.1, -0.05) is 54.4 Å². The Bertz CT molecular complexity index is 692. The summed E-state index contributed by atoms with van der Waals surface area (Å²) in [5, 5.41) is 0. The lowest BCUT2D eigenvalue weighted by Gasteiger charge is -2.36. The molecule has 6 atom stereocenters. The van der Waals surface area contributed by atoms with Crippen molar-refractivity contribution >= 4 is 23.3 Å². The SMILES string of the molecule is CC(C)[C@@H]1CC[C@@H](C)CC1OC(=O)c1ccc(C(=O)O[C@H]2C[C@H](C)CC[C@H]2C(C)C)s1. The van der Waals surface area contributed by atoms with E-state index < -0.39 is 0 Å². The summed E-state index contributed by atoms with van der Waals surface area (Å²) in [6.07, 6.45) is 6.38. The molecule has 1 heterocycles. The highest BCUT2D eigenvalue weighted by molar-refractivity contribution is 7.15. The minimum atomic E-state index is -0.305. The van der Waals surface area contributed by atoms with E-state index in [0.717, 1.165) is 25.7 Å². The molecule has 1 aromatic heterocycles. The number of carbonyl (C=O) groups excluding carboxylic acids is 2. The van der Waals surface area contributed by atoms with Gasteiger partial charge in [-0.15, -0.1) is 11.3 Å². The van der Waals surface area contributed by atoms with Gasteiger partial charge in [0.1, 0.15) is 22.0 Å². The van der Waals surface area contributed by atoms with Gasteiger partial charge < -0.3 is 9.47 Å². The average molecular weight is 449 g/mol. The Hall–Kier alpha value is -1.36. The van der Waals surface area contributed by atoms with E-state index >= 15 is 0 Å². The van der Waals surface area contributed by atoms with Gasteiger partial charge in [-0.05, 0) is 73.3 Å². The number of rotatable bonds is 6. The van der Waals surface area contributed by atoms with Crippen LogP contribution in [0.2, 0.25) is 0 Å². The fourth-order valence-corrected chi connectivity index (χ4v) is 6.22. The van der Waals surface area contributed by atoms with Crippen LogP contribution in [0.5, 0.6) is 0 Å². The van der Waals surface area contributed by atoms with E-state index in [1.54, 1.807) is 12.1 Å². The Morgan fingerprint density at radius 1 is 0.774 bits per heavy atom. The van der Waals surface area contributed by atoms with E-state index in [2.05, 4.69) is 41.5 Å². The van der Waals surface area contributed by atoms with Crippen molar-refractivity contribution < 1.29 is 19.1 Å². The third-order valence-electron chi connectivity index (χ3n) is 7.45. The zero-order valence-corrected chi connectivity index (χ0v) is 20.9. The van der Waals surface area contributed by atoms with Crippen molar-refractivity contribution in [3.63, 3.8) is 0 Å². The van der Waals surface area contributed by atoms with E-state index in [1.165, 1.54) is 24.2 Å². The Balaban J connectivity index is 1.63. The molecule has 2 fully saturated rings. The highest BCUT2D eigenvalue weighted by Crippen LogP contribution is 2.37. The molecule has 0 saturated heterocycles. The van der Waals surface area contributed by atoms with Crippen LogP contribution < -0.4 is 0 Å². The zero-order valence-electron chi connectivity index (χ0n) is 20.1. The van der Waals surface area contributed by atoms with Gasteiger partial charge in [0.15, 0.2) is 0 Å². The van der Waals surface area contributed by atoms with Crippen molar-refractivity contribution in [3.8, 4) is 0 Å². The molecule has 5 heteroatoms. The smallest absolute Gasteiger partial charge is 0.348 e. The minimum Gasteiger partial charge on any atom is -0.458 e. The van der Waals surface area contributed by atoms with Gasteiger partial charge in [0.05, 0.1) is 0 Å². The fourth-order valence-electron chi connectivity index (χ4n) is 5.45. The van der Waals surface area contributed by atoms with Crippen LogP contribution in [0.1, 0.15) is 99.4 Å². The van der Waals surface area contributed by atoms with Crippen LogP contribution in [0.15, 0.2) is 12.1 Å². The second kappa shape index (κ2) is 10.5. The van der Waals surface area contributed by atoms with E-state index in [-0.39, 0.29) is 24.1 Å². The van der Waals surface area contributed by atoms with Crippen LogP contribution >= 0.6 is 11.3 Å². The topological polar surface area (TPSA) is 52.6 Å². The number of hydrogen-bond acceptors (Lipinski definition) is 5. The lowest BCUT2D eigenvalue weighted by Crippen LogP contribution is -2.35. The fraction of sp³-hybridized carbons (Fsp3) is 0.769. The van der Waals surface area contributed by atoms with Crippen LogP contribution in [-0.4, -0.2) is 24.1 Å². The van der Waals surface area contributed by atoms with Gasteiger partial charge >= 0.3 is 11.9 Å². The van der Waals surface area contributed by atoms with Gasteiger partial charge in [-0.2, -0.15) is 0 Å². The maximum atomic E-state index is 12.8. The Morgan fingerprint density at radius 3 is 1.52 bits per heavy atom. The monoisotopic (exact) mass is 448 g/mol. The quantitative estimate of drug-likeness (QED) is 0.440. The highest BCUT2D eigenvalue weighted by Gasteiger charge is 2.35. The van der Waals surface area contributed by atoms with E-state index in [1.807, 2.05) is 0 Å². The first kappa shape index (κ1) is 24.3. The molecule has 3 rings (SSSR count). The molecular formula is C26H40O4S. The molecule has 0 amide bonds. The molecule has 0 spiro atoms. The highest BCUT2D eigenvalue weighted by atomic mass is 32.1. The first-order valence-corrected chi connectivity index (χ1v) is 13.0. The van der Waals surface area contributed by atoms with Crippen LogP contribution in [0, 0.1) is 35.5 Å².